The molecule has 17 heavy (non-hydrogen) atoms. The zero-order chi connectivity index (χ0) is 12.8. The van der Waals surface area contributed by atoms with Gasteiger partial charge < -0.3 is 5.73 Å². The second-order valence-corrected chi connectivity index (χ2v) is 7.24. The molecule has 1 aliphatic carbocycles. The predicted molar refractivity (Wildman–Crippen MR) is 73.7 cm³/mol. The molecule has 2 rings (SSSR count). The molecule has 0 saturated carbocycles. The Hall–Kier alpha value is -0.830. The molecule has 0 bridgehead atoms. The lowest BCUT2D eigenvalue weighted by Gasteiger charge is -2.33. The quantitative estimate of drug-likeness (QED) is 0.774. The maximum atomic E-state index is 11.6. The first-order valence-electron chi connectivity index (χ1n) is 6.21. The van der Waals surface area contributed by atoms with E-state index in [9.17, 15) is 4.79 Å². The van der Waals surface area contributed by atoms with E-state index in [1.54, 1.807) is 18.3 Å². The number of ketones is 1. The Morgan fingerprint density at radius 3 is 2.59 bits per heavy atom. The van der Waals surface area contributed by atoms with E-state index < -0.39 is 0 Å². The van der Waals surface area contributed by atoms with Crippen LogP contribution in [0.3, 0.4) is 0 Å². The van der Waals surface area contributed by atoms with Crippen molar-refractivity contribution >= 4 is 22.1 Å². The second-order valence-electron chi connectivity index (χ2n) is 6.10. The molecule has 1 heterocycles. The summed E-state index contributed by atoms with van der Waals surface area (Å²) in [5.74, 6) is 0.821. The molecule has 0 fully saturated rings. The monoisotopic (exact) mass is 251 g/mol. The molecule has 3 heteroatoms. The highest BCUT2D eigenvalue weighted by Gasteiger charge is 2.32. The van der Waals surface area contributed by atoms with Crippen LogP contribution >= 0.6 is 11.3 Å². The van der Waals surface area contributed by atoms with Gasteiger partial charge in [-0.05, 0) is 43.1 Å². The minimum absolute atomic E-state index is 0.120. The minimum Gasteiger partial charge on any atom is -0.390 e. The number of fused-ring (bicyclic) bond motifs is 1. The Bertz CT molecular complexity index is 454. The van der Waals surface area contributed by atoms with Gasteiger partial charge in [0.25, 0.3) is 0 Å². The van der Waals surface area contributed by atoms with Gasteiger partial charge in [-0.3, -0.25) is 4.79 Å². The summed E-state index contributed by atoms with van der Waals surface area (Å²) in [5, 5.41) is 0.719. The van der Waals surface area contributed by atoms with Crippen LogP contribution in [0.4, 0.5) is 5.00 Å². The van der Waals surface area contributed by atoms with Gasteiger partial charge in [0.1, 0.15) is 0 Å². The molecule has 1 unspecified atom stereocenters. The van der Waals surface area contributed by atoms with Gasteiger partial charge in [-0.2, -0.15) is 0 Å². The Balaban J connectivity index is 2.35. The summed E-state index contributed by atoms with van der Waals surface area (Å²) in [5.41, 5.74) is 8.35. The van der Waals surface area contributed by atoms with Crippen LogP contribution in [0.1, 0.15) is 54.9 Å². The van der Waals surface area contributed by atoms with Crippen LogP contribution in [0, 0.1) is 11.3 Å². The first kappa shape index (κ1) is 12.6. The molecule has 2 nitrogen and oxygen atoms in total. The number of hydrogen-bond donors (Lipinski definition) is 1. The summed E-state index contributed by atoms with van der Waals surface area (Å²) in [7, 11) is 0. The van der Waals surface area contributed by atoms with E-state index in [0.29, 0.717) is 11.3 Å². The van der Waals surface area contributed by atoms with Crippen molar-refractivity contribution in [3.63, 3.8) is 0 Å². The zero-order valence-corrected chi connectivity index (χ0v) is 11.9. The fraction of sp³-hybridized carbons (Fsp3) is 0.643. The van der Waals surface area contributed by atoms with Gasteiger partial charge >= 0.3 is 0 Å². The number of nitrogens with two attached hydrogens (primary N) is 1. The highest BCUT2D eigenvalue weighted by Crippen LogP contribution is 2.43. The van der Waals surface area contributed by atoms with Crippen LogP contribution in [0.2, 0.25) is 0 Å². The number of Topliss-reactive ketones (excluding diaryl/α,β-unsaturated/α-hetero) is 1. The van der Waals surface area contributed by atoms with E-state index in [0.717, 1.165) is 23.4 Å². The summed E-state index contributed by atoms with van der Waals surface area (Å²) in [4.78, 5) is 13.0. The minimum atomic E-state index is 0.120. The van der Waals surface area contributed by atoms with Crippen LogP contribution in [-0.2, 0) is 12.8 Å². The topological polar surface area (TPSA) is 43.1 Å². The number of hydrogen-bond acceptors (Lipinski definition) is 3. The van der Waals surface area contributed by atoms with E-state index in [4.69, 9.17) is 5.73 Å². The van der Waals surface area contributed by atoms with Crippen molar-refractivity contribution in [1.82, 2.24) is 0 Å². The SMILES string of the molecule is CC(=O)c1c(N)sc2c1CCC(C(C)(C)C)C2. The number of nitrogen functional groups attached to an aromatic ring is 1. The molecular formula is C14H21NOS. The molecule has 1 atom stereocenters. The van der Waals surface area contributed by atoms with Crippen molar-refractivity contribution in [2.75, 3.05) is 5.73 Å². The fourth-order valence-electron chi connectivity index (χ4n) is 2.73. The maximum absolute atomic E-state index is 11.6. The lowest BCUT2D eigenvalue weighted by atomic mass is 9.72. The Morgan fingerprint density at radius 2 is 2.06 bits per heavy atom. The smallest absolute Gasteiger partial charge is 0.163 e. The normalized spacial score (nSPS) is 20.1. The highest BCUT2D eigenvalue weighted by molar-refractivity contribution is 7.16. The van der Waals surface area contributed by atoms with Crippen LogP contribution < -0.4 is 5.73 Å². The highest BCUT2D eigenvalue weighted by atomic mass is 32.1. The van der Waals surface area contributed by atoms with E-state index >= 15 is 0 Å². The van der Waals surface area contributed by atoms with E-state index in [1.165, 1.54) is 16.9 Å². The fourth-order valence-corrected chi connectivity index (χ4v) is 3.98. The van der Waals surface area contributed by atoms with Crippen molar-refractivity contribution < 1.29 is 4.79 Å². The lowest BCUT2D eigenvalue weighted by molar-refractivity contribution is 0.101. The van der Waals surface area contributed by atoms with Gasteiger partial charge in [-0.1, -0.05) is 20.8 Å². The van der Waals surface area contributed by atoms with Crippen molar-refractivity contribution in [1.29, 1.82) is 0 Å². The summed E-state index contributed by atoms with van der Waals surface area (Å²) < 4.78 is 0. The molecule has 0 aliphatic heterocycles. The van der Waals surface area contributed by atoms with Crippen molar-refractivity contribution in [2.45, 2.75) is 47.0 Å². The molecular weight excluding hydrogens is 230 g/mol. The average molecular weight is 251 g/mol. The zero-order valence-electron chi connectivity index (χ0n) is 11.1. The van der Waals surface area contributed by atoms with E-state index in [2.05, 4.69) is 20.8 Å². The van der Waals surface area contributed by atoms with Gasteiger partial charge in [0.15, 0.2) is 5.78 Å². The second kappa shape index (κ2) is 4.13. The number of anilines is 1. The molecule has 0 saturated heterocycles. The third-order valence-corrected chi connectivity index (χ3v) is 4.95. The van der Waals surface area contributed by atoms with Crippen LogP contribution in [0.15, 0.2) is 0 Å². The molecule has 0 aromatic carbocycles. The third kappa shape index (κ3) is 2.25. The number of carbonyl (C=O) groups excluding carboxylic acids is 1. The van der Waals surface area contributed by atoms with Crippen LogP contribution in [0.25, 0.3) is 0 Å². The Labute approximate surface area is 107 Å². The molecule has 1 aliphatic rings. The standard InChI is InChI=1S/C14H21NOS/c1-8(16)12-10-6-5-9(14(2,3)4)7-11(10)17-13(12)15/h9H,5-7,15H2,1-4H3. The molecule has 2 N–H and O–H groups in total. The molecule has 0 amide bonds. The lowest BCUT2D eigenvalue weighted by Crippen LogP contribution is -2.26. The van der Waals surface area contributed by atoms with Crippen molar-refractivity contribution in [3.8, 4) is 0 Å². The first-order chi connectivity index (χ1) is 7.80. The van der Waals surface area contributed by atoms with E-state index in [1.807, 2.05) is 0 Å². The molecule has 1 aromatic heterocycles. The Morgan fingerprint density at radius 1 is 1.41 bits per heavy atom. The summed E-state index contributed by atoms with van der Waals surface area (Å²) in [6.45, 7) is 8.51. The van der Waals surface area contributed by atoms with Gasteiger partial charge in [0.2, 0.25) is 0 Å². The van der Waals surface area contributed by atoms with Crippen molar-refractivity contribution in [3.05, 3.63) is 16.0 Å². The van der Waals surface area contributed by atoms with Crippen molar-refractivity contribution in [2.24, 2.45) is 11.3 Å². The number of rotatable bonds is 1. The Kier molecular flexibility index (Phi) is 3.06. The largest absolute Gasteiger partial charge is 0.390 e. The molecule has 0 radical (unpaired) electrons. The van der Waals surface area contributed by atoms with Gasteiger partial charge in [0.05, 0.1) is 10.6 Å². The van der Waals surface area contributed by atoms with E-state index in [-0.39, 0.29) is 5.78 Å². The van der Waals surface area contributed by atoms with Crippen LogP contribution in [-0.4, -0.2) is 5.78 Å². The maximum Gasteiger partial charge on any atom is 0.163 e. The predicted octanol–water partition coefficient (Wildman–Crippen LogP) is 3.68. The van der Waals surface area contributed by atoms with Gasteiger partial charge in [-0.25, -0.2) is 0 Å². The third-order valence-electron chi connectivity index (χ3n) is 3.87. The summed E-state index contributed by atoms with van der Waals surface area (Å²) in [6, 6.07) is 0. The number of thiophene rings is 1. The van der Waals surface area contributed by atoms with Crippen LogP contribution in [0.5, 0.6) is 0 Å². The summed E-state index contributed by atoms with van der Waals surface area (Å²) >= 11 is 1.62. The van der Waals surface area contributed by atoms with Gasteiger partial charge in [0, 0.05) is 4.88 Å². The molecule has 94 valence electrons. The molecule has 0 spiro atoms. The number of carbonyl (C=O) groups is 1. The average Bonchev–Trinajstić information content (AvgIpc) is 2.50. The first-order valence-corrected chi connectivity index (χ1v) is 7.03. The van der Waals surface area contributed by atoms with Gasteiger partial charge in [-0.15, -0.1) is 11.3 Å². The molecule has 1 aromatic rings. The summed E-state index contributed by atoms with van der Waals surface area (Å²) in [6.07, 6.45) is 3.27.